The average molecular weight is 358 g/mol. The van der Waals surface area contributed by atoms with E-state index >= 15 is 0 Å². The molecule has 2 aromatic carbocycles. The van der Waals surface area contributed by atoms with Crippen molar-refractivity contribution in [1.82, 2.24) is 4.98 Å². The number of thiazole rings is 1. The van der Waals surface area contributed by atoms with Gasteiger partial charge < -0.3 is 5.32 Å². The maximum atomic E-state index is 11.5. The van der Waals surface area contributed by atoms with E-state index in [2.05, 4.69) is 29.4 Å². The number of nitrogens with zero attached hydrogens (tertiary/aromatic N) is 1. The van der Waals surface area contributed by atoms with Crippen LogP contribution in [0.3, 0.4) is 0 Å². The van der Waals surface area contributed by atoms with Crippen LogP contribution in [-0.4, -0.2) is 19.7 Å². The largest absolute Gasteiger partial charge is 0.355 e. The zero-order valence-electron chi connectivity index (χ0n) is 13.4. The van der Waals surface area contributed by atoms with E-state index < -0.39 is 9.84 Å². The summed E-state index contributed by atoms with van der Waals surface area (Å²) in [5.41, 5.74) is 2.94. The van der Waals surface area contributed by atoms with Crippen LogP contribution in [0.1, 0.15) is 18.5 Å². The van der Waals surface area contributed by atoms with Gasteiger partial charge in [-0.1, -0.05) is 42.5 Å². The van der Waals surface area contributed by atoms with Crippen LogP contribution < -0.4 is 5.32 Å². The molecule has 0 bridgehead atoms. The highest BCUT2D eigenvalue weighted by Gasteiger charge is 2.11. The highest BCUT2D eigenvalue weighted by atomic mass is 32.2. The third-order valence-electron chi connectivity index (χ3n) is 3.72. The summed E-state index contributed by atoms with van der Waals surface area (Å²) in [4.78, 5) is 4.91. The van der Waals surface area contributed by atoms with Crippen LogP contribution in [0.4, 0.5) is 5.13 Å². The molecular formula is C18H18N2O2S2. The zero-order chi connectivity index (χ0) is 17.2. The van der Waals surface area contributed by atoms with Crippen molar-refractivity contribution in [1.29, 1.82) is 0 Å². The molecule has 0 aliphatic carbocycles. The van der Waals surface area contributed by atoms with E-state index in [1.165, 1.54) is 23.2 Å². The lowest BCUT2D eigenvalue weighted by molar-refractivity contribution is 0.602. The van der Waals surface area contributed by atoms with Crippen LogP contribution in [0.2, 0.25) is 0 Å². The van der Waals surface area contributed by atoms with Crippen LogP contribution in [-0.2, 0) is 9.84 Å². The lowest BCUT2D eigenvalue weighted by Gasteiger charge is -2.12. The molecule has 124 valence electrons. The van der Waals surface area contributed by atoms with Gasteiger partial charge >= 0.3 is 0 Å². The number of nitrogens with one attached hydrogen (secondary N) is 1. The number of rotatable bonds is 5. The Morgan fingerprint density at radius 1 is 1.04 bits per heavy atom. The maximum absolute atomic E-state index is 11.5. The maximum Gasteiger partial charge on any atom is 0.183 e. The molecule has 0 spiro atoms. The smallest absolute Gasteiger partial charge is 0.183 e. The summed E-state index contributed by atoms with van der Waals surface area (Å²) in [7, 11) is -3.17. The molecule has 0 fully saturated rings. The second-order valence-corrected chi connectivity index (χ2v) is 8.48. The summed E-state index contributed by atoms with van der Waals surface area (Å²) in [5, 5.41) is 6.20. The van der Waals surface area contributed by atoms with E-state index in [0.717, 1.165) is 16.4 Å². The fraction of sp³-hybridized carbons (Fsp3) is 0.167. The normalized spacial score (nSPS) is 12.8. The lowest BCUT2D eigenvalue weighted by atomic mass is 10.1. The third kappa shape index (κ3) is 3.83. The predicted octanol–water partition coefficient (Wildman–Crippen LogP) is 4.39. The molecule has 0 radical (unpaired) electrons. The van der Waals surface area contributed by atoms with Gasteiger partial charge in [0.2, 0.25) is 0 Å². The Kier molecular flexibility index (Phi) is 4.69. The van der Waals surface area contributed by atoms with Gasteiger partial charge in [-0.15, -0.1) is 11.3 Å². The molecule has 0 unspecified atom stereocenters. The number of benzene rings is 2. The van der Waals surface area contributed by atoms with Gasteiger partial charge in [0.15, 0.2) is 15.0 Å². The summed E-state index contributed by atoms with van der Waals surface area (Å²) in [6, 6.07) is 17.2. The van der Waals surface area contributed by atoms with Crippen molar-refractivity contribution in [2.24, 2.45) is 0 Å². The van der Waals surface area contributed by atoms with E-state index in [1.54, 1.807) is 24.3 Å². The van der Waals surface area contributed by atoms with Crippen molar-refractivity contribution in [3.63, 3.8) is 0 Å². The topological polar surface area (TPSA) is 59.1 Å². The van der Waals surface area contributed by atoms with Crippen LogP contribution in [0.15, 0.2) is 64.9 Å². The highest BCUT2D eigenvalue weighted by molar-refractivity contribution is 7.90. The van der Waals surface area contributed by atoms with Crippen LogP contribution in [0.25, 0.3) is 11.3 Å². The van der Waals surface area contributed by atoms with Crippen LogP contribution in [0.5, 0.6) is 0 Å². The fourth-order valence-electron chi connectivity index (χ4n) is 2.36. The summed E-state index contributed by atoms with van der Waals surface area (Å²) in [5.74, 6) is 0. The van der Waals surface area contributed by atoms with Gasteiger partial charge in [-0.05, 0) is 24.6 Å². The van der Waals surface area contributed by atoms with Crippen molar-refractivity contribution in [3.05, 3.63) is 65.5 Å². The molecule has 1 atom stereocenters. The number of sulfone groups is 1. The third-order valence-corrected chi connectivity index (χ3v) is 5.62. The Morgan fingerprint density at radius 2 is 1.71 bits per heavy atom. The average Bonchev–Trinajstić information content (AvgIpc) is 3.03. The van der Waals surface area contributed by atoms with Gasteiger partial charge in [0.25, 0.3) is 0 Å². The molecule has 4 nitrogen and oxygen atoms in total. The Hall–Kier alpha value is -2.18. The molecule has 0 aliphatic heterocycles. The molecule has 3 aromatic rings. The van der Waals surface area contributed by atoms with Gasteiger partial charge in [0.05, 0.1) is 16.6 Å². The quantitative estimate of drug-likeness (QED) is 0.735. The Bertz CT molecular complexity index is 917. The molecule has 0 saturated heterocycles. The summed E-state index contributed by atoms with van der Waals surface area (Å²) in [6.45, 7) is 2.09. The predicted molar refractivity (Wildman–Crippen MR) is 99.1 cm³/mol. The molecule has 0 amide bonds. The second-order valence-electron chi connectivity index (χ2n) is 5.61. The first kappa shape index (κ1) is 16.7. The molecule has 24 heavy (non-hydrogen) atoms. The van der Waals surface area contributed by atoms with E-state index in [4.69, 9.17) is 0 Å². The van der Waals surface area contributed by atoms with Crippen molar-refractivity contribution < 1.29 is 8.42 Å². The van der Waals surface area contributed by atoms with E-state index in [-0.39, 0.29) is 6.04 Å². The van der Waals surface area contributed by atoms with Crippen LogP contribution >= 0.6 is 11.3 Å². The molecule has 0 aliphatic rings. The molecule has 3 rings (SSSR count). The highest BCUT2D eigenvalue weighted by Crippen LogP contribution is 2.28. The molecule has 1 aromatic heterocycles. The van der Waals surface area contributed by atoms with E-state index in [0.29, 0.717) is 4.90 Å². The molecule has 6 heteroatoms. The lowest BCUT2D eigenvalue weighted by Crippen LogP contribution is -2.05. The Labute approximate surface area is 146 Å². The van der Waals surface area contributed by atoms with Gasteiger partial charge in [-0.25, -0.2) is 13.4 Å². The van der Waals surface area contributed by atoms with Crippen molar-refractivity contribution in [3.8, 4) is 11.3 Å². The number of hydrogen-bond donors (Lipinski definition) is 1. The Morgan fingerprint density at radius 3 is 2.33 bits per heavy atom. The summed E-state index contributed by atoms with van der Waals surface area (Å²) in [6.07, 6.45) is 1.21. The molecule has 1 heterocycles. The Balaban J connectivity index is 1.76. The van der Waals surface area contributed by atoms with Gasteiger partial charge in [-0.2, -0.15) is 0 Å². The minimum atomic E-state index is -3.17. The van der Waals surface area contributed by atoms with Crippen molar-refractivity contribution >= 4 is 26.3 Å². The standard InChI is InChI=1S/C18H18N2O2S2/c1-13(14-6-4-3-5-7-14)19-18-20-17(12-23-18)15-8-10-16(11-9-15)24(2,21)22/h3-13H,1-2H3,(H,19,20)/t13-/m1/s1. The second kappa shape index (κ2) is 6.75. The minimum absolute atomic E-state index is 0.165. The first-order valence-electron chi connectivity index (χ1n) is 7.51. The summed E-state index contributed by atoms with van der Waals surface area (Å²) < 4.78 is 23.0. The first-order valence-corrected chi connectivity index (χ1v) is 10.3. The molecule has 1 N–H and O–H groups in total. The van der Waals surface area contributed by atoms with E-state index in [1.807, 2.05) is 23.6 Å². The number of anilines is 1. The fourth-order valence-corrected chi connectivity index (χ4v) is 3.79. The summed E-state index contributed by atoms with van der Waals surface area (Å²) >= 11 is 1.54. The van der Waals surface area contributed by atoms with Crippen molar-refractivity contribution in [2.45, 2.75) is 17.9 Å². The van der Waals surface area contributed by atoms with Gasteiger partial charge in [0.1, 0.15) is 0 Å². The molecule has 0 saturated carbocycles. The van der Waals surface area contributed by atoms with Crippen LogP contribution in [0, 0.1) is 0 Å². The number of aromatic nitrogens is 1. The monoisotopic (exact) mass is 358 g/mol. The minimum Gasteiger partial charge on any atom is -0.355 e. The van der Waals surface area contributed by atoms with Gasteiger partial charge in [-0.3, -0.25) is 0 Å². The van der Waals surface area contributed by atoms with Gasteiger partial charge in [0, 0.05) is 17.2 Å². The SMILES string of the molecule is C[C@@H](Nc1nc(-c2ccc(S(C)(=O)=O)cc2)cs1)c1ccccc1. The molecular weight excluding hydrogens is 340 g/mol. The van der Waals surface area contributed by atoms with Crippen molar-refractivity contribution in [2.75, 3.05) is 11.6 Å². The zero-order valence-corrected chi connectivity index (χ0v) is 15.1. The number of hydrogen-bond acceptors (Lipinski definition) is 5. The van der Waals surface area contributed by atoms with E-state index in [9.17, 15) is 8.42 Å². The first-order chi connectivity index (χ1) is 11.4.